The largest absolute Gasteiger partial charge is 0.492 e. The highest BCUT2D eigenvalue weighted by Crippen LogP contribution is 2.30. The molecule has 27 heavy (non-hydrogen) atoms. The zero-order valence-electron chi connectivity index (χ0n) is 15.9. The van der Waals surface area contributed by atoms with E-state index in [1.165, 1.54) is 0 Å². The van der Waals surface area contributed by atoms with E-state index in [0.717, 1.165) is 55.3 Å². The first kappa shape index (κ1) is 19.3. The lowest BCUT2D eigenvalue weighted by Crippen LogP contribution is -2.38. The standard InChI is InChI=1S/C21H26N2O4/c1-16-13-17(2)21(27-12-9-22-7-10-26-11-8-22)19(14-16)15-18-5-3-4-6-20(18)23(24)25/h3-6,13-14H,7-12,15H2,1-2H3. The minimum atomic E-state index is -0.322. The summed E-state index contributed by atoms with van der Waals surface area (Å²) in [6.45, 7) is 8.90. The van der Waals surface area contributed by atoms with Crippen LogP contribution in [-0.2, 0) is 11.2 Å². The number of hydrogen-bond acceptors (Lipinski definition) is 5. The summed E-state index contributed by atoms with van der Waals surface area (Å²) in [5.74, 6) is 0.840. The summed E-state index contributed by atoms with van der Waals surface area (Å²) in [7, 11) is 0. The molecule has 1 aliphatic rings. The molecule has 0 amide bonds. The van der Waals surface area contributed by atoms with Crippen LogP contribution in [0.2, 0.25) is 0 Å². The Balaban J connectivity index is 1.77. The molecule has 6 nitrogen and oxygen atoms in total. The molecular formula is C21H26N2O4. The summed E-state index contributed by atoms with van der Waals surface area (Å²) in [4.78, 5) is 13.3. The Morgan fingerprint density at radius 1 is 1.15 bits per heavy atom. The number of rotatable bonds is 7. The van der Waals surface area contributed by atoms with Crippen molar-refractivity contribution >= 4 is 5.69 Å². The van der Waals surface area contributed by atoms with Crippen LogP contribution in [-0.4, -0.2) is 49.3 Å². The average molecular weight is 370 g/mol. The molecule has 0 aliphatic carbocycles. The summed E-state index contributed by atoms with van der Waals surface area (Å²) >= 11 is 0. The Hall–Kier alpha value is -2.44. The summed E-state index contributed by atoms with van der Waals surface area (Å²) in [5, 5.41) is 11.3. The molecule has 0 atom stereocenters. The van der Waals surface area contributed by atoms with E-state index in [-0.39, 0.29) is 10.6 Å². The highest BCUT2D eigenvalue weighted by molar-refractivity contribution is 5.49. The van der Waals surface area contributed by atoms with Crippen LogP contribution >= 0.6 is 0 Å². The van der Waals surface area contributed by atoms with Gasteiger partial charge in [-0.15, -0.1) is 0 Å². The minimum absolute atomic E-state index is 0.149. The Bertz CT molecular complexity index is 801. The Labute approximate surface area is 159 Å². The molecule has 0 radical (unpaired) electrons. The second-order valence-corrected chi connectivity index (χ2v) is 6.94. The van der Waals surface area contributed by atoms with Gasteiger partial charge in [-0.1, -0.05) is 35.9 Å². The molecule has 6 heteroatoms. The van der Waals surface area contributed by atoms with E-state index in [9.17, 15) is 10.1 Å². The second-order valence-electron chi connectivity index (χ2n) is 6.94. The van der Waals surface area contributed by atoms with Crippen LogP contribution in [0.3, 0.4) is 0 Å². The van der Waals surface area contributed by atoms with Crippen molar-refractivity contribution in [2.24, 2.45) is 0 Å². The average Bonchev–Trinajstić information content (AvgIpc) is 2.65. The first-order valence-electron chi connectivity index (χ1n) is 9.30. The molecule has 2 aromatic carbocycles. The lowest BCUT2D eigenvalue weighted by atomic mass is 9.98. The number of morpholine rings is 1. The van der Waals surface area contributed by atoms with E-state index in [4.69, 9.17) is 9.47 Å². The third-order valence-electron chi connectivity index (χ3n) is 4.82. The lowest BCUT2D eigenvalue weighted by Gasteiger charge is -2.26. The smallest absolute Gasteiger partial charge is 0.272 e. The fourth-order valence-electron chi connectivity index (χ4n) is 3.53. The van der Waals surface area contributed by atoms with Crippen LogP contribution in [0.1, 0.15) is 22.3 Å². The van der Waals surface area contributed by atoms with Crippen molar-refractivity contribution in [2.75, 3.05) is 39.5 Å². The van der Waals surface area contributed by atoms with Crippen LogP contribution in [0, 0.1) is 24.0 Å². The summed E-state index contributed by atoms with van der Waals surface area (Å²) in [6, 6.07) is 11.1. The third kappa shape index (κ3) is 5.05. The van der Waals surface area contributed by atoms with Gasteiger partial charge in [-0.3, -0.25) is 15.0 Å². The van der Waals surface area contributed by atoms with Crippen molar-refractivity contribution in [3.05, 3.63) is 68.8 Å². The molecule has 1 fully saturated rings. The van der Waals surface area contributed by atoms with Gasteiger partial charge in [-0.25, -0.2) is 0 Å². The Morgan fingerprint density at radius 3 is 2.63 bits per heavy atom. The topological polar surface area (TPSA) is 64.8 Å². The van der Waals surface area contributed by atoms with Crippen molar-refractivity contribution in [3.63, 3.8) is 0 Å². The predicted octanol–water partition coefficient (Wildman–Crippen LogP) is 3.51. The number of hydrogen-bond donors (Lipinski definition) is 0. The van der Waals surface area contributed by atoms with Crippen LogP contribution < -0.4 is 4.74 Å². The number of benzene rings is 2. The van der Waals surface area contributed by atoms with Gasteiger partial charge in [-0.05, 0) is 25.0 Å². The molecule has 0 bridgehead atoms. The van der Waals surface area contributed by atoms with E-state index in [0.29, 0.717) is 18.6 Å². The lowest BCUT2D eigenvalue weighted by molar-refractivity contribution is -0.385. The fraction of sp³-hybridized carbons (Fsp3) is 0.429. The van der Waals surface area contributed by atoms with Gasteiger partial charge in [0.15, 0.2) is 0 Å². The van der Waals surface area contributed by atoms with Gasteiger partial charge in [0.05, 0.1) is 18.1 Å². The van der Waals surface area contributed by atoms with Gasteiger partial charge >= 0.3 is 0 Å². The quantitative estimate of drug-likeness (QED) is 0.551. The maximum absolute atomic E-state index is 11.3. The zero-order chi connectivity index (χ0) is 19.2. The highest BCUT2D eigenvalue weighted by atomic mass is 16.6. The van der Waals surface area contributed by atoms with Gasteiger partial charge in [0.25, 0.3) is 5.69 Å². The Morgan fingerprint density at radius 2 is 1.89 bits per heavy atom. The summed E-state index contributed by atoms with van der Waals surface area (Å²) in [6.07, 6.45) is 0.479. The van der Waals surface area contributed by atoms with E-state index in [2.05, 4.69) is 17.0 Å². The van der Waals surface area contributed by atoms with Crippen LogP contribution in [0.5, 0.6) is 5.75 Å². The van der Waals surface area contributed by atoms with E-state index >= 15 is 0 Å². The van der Waals surface area contributed by atoms with Crippen LogP contribution in [0.4, 0.5) is 5.69 Å². The minimum Gasteiger partial charge on any atom is -0.492 e. The number of para-hydroxylation sites is 1. The SMILES string of the molecule is Cc1cc(C)c(OCCN2CCOCC2)c(Cc2ccccc2[N+](=O)[O-])c1. The Kier molecular flexibility index (Phi) is 6.42. The third-order valence-corrected chi connectivity index (χ3v) is 4.82. The van der Waals surface area contributed by atoms with Crippen LogP contribution in [0.25, 0.3) is 0 Å². The number of nitro benzene ring substituents is 1. The normalized spacial score (nSPS) is 14.9. The molecule has 0 N–H and O–H groups in total. The van der Waals surface area contributed by atoms with Gasteiger partial charge in [-0.2, -0.15) is 0 Å². The molecule has 144 valence electrons. The fourth-order valence-corrected chi connectivity index (χ4v) is 3.53. The first-order valence-corrected chi connectivity index (χ1v) is 9.30. The van der Waals surface area contributed by atoms with E-state index < -0.39 is 0 Å². The number of nitrogens with zero attached hydrogens (tertiary/aromatic N) is 2. The van der Waals surface area contributed by atoms with Gasteiger partial charge in [0.1, 0.15) is 12.4 Å². The molecular weight excluding hydrogens is 344 g/mol. The molecule has 0 aromatic heterocycles. The number of nitro groups is 1. The second kappa shape index (κ2) is 8.97. The molecule has 1 saturated heterocycles. The predicted molar refractivity (Wildman–Crippen MR) is 105 cm³/mol. The molecule has 0 unspecified atom stereocenters. The van der Waals surface area contributed by atoms with Crippen molar-refractivity contribution in [1.29, 1.82) is 0 Å². The number of aryl methyl sites for hydroxylation is 2. The van der Waals surface area contributed by atoms with Gasteiger partial charge in [0.2, 0.25) is 0 Å². The van der Waals surface area contributed by atoms with Crippen molar-refractivity contribution in [1.82, 2.24) is 4.90 Å². The van der Waals surface area contributed by atoms with Crippen molar-refractivity contribution in [3.8, 4) is 5.75 Å². The van der Waals surface area contributed by atoms with Crippen molar-refractivity contribution < 1.29 is 14.4 Å². The van der Waals surface area contributed by atoms with Gasteiger partial charge in [0, 0.05) is 37.7 Å². The van der Waals surface area contributed by atoms with Crippen LogP contribution in [0.15, 0.2) is 36.4 Å². The molecule has 2 aromatic rings. The summed E-state index contributed by atoms with van der Waals surface area (Å²) in [5.41, 5.74) is 4.03. The maximum atomic E-state index is 11.3. The first-order chi connectivity index (χ1) is 13.0. The zero-order valence-corrected chi connectivity index (χ0v) is 15.9. The summed E-state index contributed by atoms with van der Waals surface area (Å²) < 4.78 is 11.5. The maximum Gasteiger partial charge on any atom is 0.272 e. The number of ether oxygens (including phenoxy) is 2. The van der Waals surface area contributed by atoms with E-state index in [1.807, 2.05) is 26.0 Å². The molecule has 1 heterocycles. The van der Waals surface area contributed by atoms with E-state index in [1.54, 1.807) is 12.1 Å². The molecule has 0 spiro atoms. The molecule has 1 aliphatic heterocycles. The van der Waals surface area contributed by atoms with Gasteiger partial charge < -0.3 is 9.47 Å². The molecule has 3 rings (SSSR count). The highest BCUT2D eigenvalue weighted by Gasteiger charge is 2.17. The monoisotopic (exact) mass is 370 g/mol. The van der Waals surface area contributed by atoms with Crippen molar-refractivity contribution in [2.45, 2.75) is 20.3 Å². The molecule has 0 saturated carbocycles.